The van der Waals surface area contributed by atoms with Gasteiger partial charge in [-0.2, -0.15) is 0 Å². The van der Waals surface area contributed by atoms with Crippen molar-refractivity contribution < 1.29 is 28.4 Å². The van der Waals surface area contributed by atoms with Crippen LogP contribution in [0.1, 0.15) is 16.8 Å². The summed E-state index contributed by atoms with van der Waals surface area (Å²) in [7, 11) is 0. The number of carboxylic acid groups (broad SMARTS) is 1. The van der Waals surface area contributed by atoms with Gasteiger partial charge in [0.15, 0.2) is 12.0 Å². The van der Waals surface area contributed by atoms with Crippen molar-refractivity contribution in [3.63, 3.8) is 0 Å². The maximum Gasteiger partial charge on any atom is 0.306 e. The van der Waals surface area contributed by atoms with Crippen LogP contribution in [0.4, 0.5) is 10.1 Å². The predicted octanol–water partition coefficient (Wildman–Crippen LogP) is 3.49. The number of nitro benzene ring substituents is 1. The Morgan fingerprint density at radius 2 is 1.92 bits per heavy atom. The van der Waals surface area contributed by atoms with Gasteiger partial charge >= 0.3 is 5.97 Å². The number of nitro groups is 1. The molecule has 0 aliphatic rings. The lowest BCUT2D eigenvalue weighted by Gasteiger charge is -2.04. The standard InChI is InChI=1S/C16H10FNO6/c17-12(7-15(19)20)16(21)8-1-4-13-11(5-8)10-3-2-9(18(22)23)6-14(10)24-13/h1-6,12H,7H2,(H,19,20). The lowest BCUT2D eigenvalue weighted by Crippen LogP contribution is -2.19. The fourth-order valence-corrected chi connectivity index (χ4v) is 2.46. The van der Waals surface area contributed by atoms with E-state index in [1.54, 1.807) is 0 Å². The first-order valence-corrected chi connectivity index (χ1v) is 6.87. The number of non-ortho nitro benzene ring substituents is 1. The minimum absolute atomic E-state index is 0.0114. The molecule has 24 heavy (non-hydrogen) atoms. The lowest BCUT2D eigenvalue weighted by atomic mass is 10.0. The average molecular weight is 331 g/mol. The van der Waals surface area contributed by atoms with Crippen LogP contribution in [0.3, 0.4) is 0 Å². The Morgan fingerprint density at radius 1 is 1.17 bits per heavy atom. The second-order valence-electron chi connectivity index (χ2n) is 5.18. The fraction of sp³-hybridized carbons (Fsp3) is 0.125. The minimum atomic E-state index is -2.14. The molecular weight excluding hydrogens is 321 g/mol. The van der Waals surface area contributed by atoms with Crippen LogP contribution in [0.2, 0.25) is 0 Å². The highest BCUT2D eigenvalue weighted by molar-refractivity contribution is 6.10. The molecule has 1 aromatic heterocycles. The summed E-state index contributed by atoms with van der Waals surface area (Å²) in [5.41, 5.74) is 0.530. The van der Waals surface area contributed by atoms with Gasteiger partial charge in [0.1, 0.15) is 11.2 Å². The number of rotatable bonds is 5. The monoisotopic (exact) mass is 331 g/mol. The number of ketones is 1. The molecule has 2 aromatic carbocycles. The number of carbonyl (C=O) groups excluding carboxylic acids is 1. The van der Waals surface area contributed by atoms with Crippen molar-refractivity contribution in [3.05, 3.63) is 52.1 Å². The Morgan fingerprint density at radius 3 is 2.58 bits per heavy atom. The van der Waals surface area contributed by atoms with Crippen LogP contribution in [0, 0.1) is 10.1 Å². The second kappa shape index (κ2) is 5.73. The summed E-state index contributed by atoms with van der Waals surface area (Å²) in [6.45, 7) is 0. The molecule has 1 heterocycles. The summed E-state index contributed by atoms with van der Waals surface area (Å²) in [5, 5.41) is 20.4. The molecule has 0 fully saturated rings. The van der Waals surface area contributed by atoms with Gasteiger partial charge in [-0.25, -0.2) is 4.39 Å². The van der Waals surface area contributed by atoms with E-state index in [0.29, 0.717) is 16.4 Å². The van der Waals surface area contributed by atoms with E-state index in [1.807, 2.05) is 0 Å². The molecule has 0 radical (unpaired) electrons. The average Bonchev–Trinajstić information content (AvgIpc) is 2.90. The highest BCUT2D eigenvalue weighted by atomic mass is 19.1. The van der Waals surface area contributed by atoms with Gasteiger partial charge in [0.25, 0.3) is 5.69 Å². The van der Waals surface area contributed by atoms with Gasteiger partial charge in [-0.1, -0.05) is 0 Å². The molecule has 1 unspecified atom stereocenters. The maximum absolute atomic E-state index is 13.7. The van der Waals surface area contributed by atoms with E-state index in [4.69, 9.17) is 9.52 Å². The molecule has 0 spiro atoms. The lowest BCUT2D eigenvalue weighted by molar-refractivity contribution is -0.384. The van der Waals surface area contributed by atoms with Crippen molar-refractivity contribution in [2.75, 3.05) is 0 Å². The molecule has 7 nitrogen and oxygen atoms in total. The zero-order valence-electron chi connectivity index (χ0n) is 12.1. The number of benzene rings is 2. The third-order valence-electron chi connectivity index (χ3n) is 3.59. The molecule has 3 aromatic rings. The van der Waals surface area contributed by atoms with Gasteiger partial charge < -0.3 is 9.52 Å². The Kier molecular flexibility index (Phi) is 3.72. The highest BCUT2D eigenvalue weighted by Gasteiger charge is 2.23. The minimum Gasteiger partial charge on any atom is -0.481 e. The molecule has 0 saturated carbocycles. The first-order chi connectivity index (χ1) is 11.4. The smallest absolute Gasteiger partial charge is 0.306 e. The molecule has 0 aliphatic heterocycles. The summed E-state index contributed by atoms with van der Waals surface area (Å²) in [6.07, 6.45) is -3.05. The highest BCUT2D eigenvalue weighted by Crippen LogP contribution is 2.32. The van der Waals surface area contributed by atoms with Crippen LogP contribution in [0.5, 0.6) is 0 Å². The zero-order chi connectivity index (χ0) is 17.4. The van der Waals surface area contributed by atoms with Gasteiger partial charge in [-0.3, -0.25) is 19.7 Å². The van der Waals surface area contributed by atoms with Crippen LogP contribution in [-0.2, 0) is 4.79 Å². The molecule has 0 bridgehead atoms. The van der Waals surface area contributed by atoms with E-state index in [1.165, 1.54) is 36.4 Å². The summed E-state index contributed by atoms with van der Waals surface area (Å²) in [4.78, 5) is 32.7. The van der Waals surface area contributed by atoms with Crippen molar-refractivity contribution in [3.8, 4) is 0 Å². The number of hydrogen-bond acceptors (Lipinski definition) is 5. The maximum atomic E-state index is 13.7. The van der Waals surface area contributed by atoms with Crippen LogP contribution in [0.15, 0.2) is 40.8 Å². The van der Waals surface area contributed by atoms with Crippen molar-refractivity contribution in [1.29, 1.82) is 0 Å². The Bertz CT molecular complexity index is 993. The number of hydrogen-bond donors (Lipinski definition) is 1. The van der Waals surface area contributed by atoms with Crippen molar-refractivity contribution in [1.82, 2.24) is 0 Å². The van der Waals surface area contributed by atoms with Crippen LogP contribution < -0.4 is 0 Å². The van der Waals surface area contributed by atoms with Gasteiger partial charge in [0, 0.05) is 22.4 Å². The van der Waals surface area contributed by atoms with Crippen LogP contribution in [-0.4, -0.2) is 28.0 Å². The number of aliphatic carboxylic acids is 1. The molecule has 1 N–H and O–H groups in total. The van der Waals surface area contributed by atoms with Gasteiger partial charge in [-0.05, 0) is 24.3 Å². The normalized spacial score (nSPS) is 12.4. The van der Waals surface area contributed by atoms with E-state index in [9.17, 15) is 24.1 Å². The molecule has 8 heteroatoms. The molecule has 122 valence electrons. The van der Waals surface area contributed by atoms with E-state index in [-0.39, 0.29) is 16.8 Å². The summed E-state index contributed by atoms with van der Waals surface area (Å²) < 4.78 is 19.2. The van der Waals surface area contributed by atoms with E-state index in [0.717, 1.165) is 0 Å². The van der Waals surface area contributed by atoms with E-state index < -0.39 is 29.3 Å². The summed E-state index contributed by atoms with van der Waals surface area (Å²) >= 11 is 0. The number of nitrogens with zero attached hydrogens (tertiary/aromatic N) is 1. The third kappa shape index (κ3) is 2.69. The largest absolute Gasteiger partial charge is 0.481 e. The Labute approximate surface area is 133 Å². The summed E-state index contributed by atoms with van der Waals surface area (Å²) in [6, 6.07) is 8.21. The molecule has 0 aliphatic carbocycles. The quantitative estimate of drug-likeness (QED) is 0.435. The van der Waals surface area contributed by atoms with Gasteiger partial charge in [-0.15, -0.1) is 0 Å². The van der Waals surface area contributed by atoms with E-state index >= 15 is 0 Å². The first kappa shape index (κ1) is 15.6. The van der Waals surface area contributed by atoms with Gasteiger partial charge in [0.05, 0.1) is 17.4 Å². The van der Waals surface area contributed by atoms with Crippen LogP contribution >= 0.6 is 0 Å². The first-order valence-electron chi connectivity index (χ1n) is 6.87. The fourth-order valence-electron chi connectivity index (χ4n) is 2.46. The number of carbonyl (C=O) groups is 2. The number of alkyl halides is 1. The molecule has 1 atom stereocenters. The molecule has 0 saturated heterocycles. The number of halogens is 1. The predicted molar refractivity (Wildman–Crippen MR) is 81.9 cm³/mol. The van der Waals surface area contributed by atoms with Crippen molar-refractivity contribution >= 4 is 39.4 Å². The summed E-state index contributed by atoms with van der Waals surface area (Å²) in [5.74, 6) is -2.34. The molecule has 0 amide bonds. The zero-order valence-corrected chi connectivity index (χ0v) is 12.1. The number of furan rings is 1. The Balaban J connectivity index is 2.07. The van der Waals surface area contributed by atoms with Crippen LogP contribution in [0.25, 0.3) is 21.9 Å². The van der Waals surface area contributed by atoms with Gasteiger partial charge in [0.2, 0.25) is 0 Å². The molecule has 3 rings (SSSR count). The topological polar surface area (TPSA) is 111 Å². The van der Waals surface area contributed by atoms with Crippen molar-refractivity contribution in [2.24, 2.45) is 0 Å². The number of carboxylic acids is 1. The SMILES string of the molecule is O=C(O)CC(F)C(=O)c1ccc2oc3cc([N+](=O)[O-])ccc3c2c1. The third-order valence-corrected chi connectivity index (χ3v) is 3.59. The van der Waals surface area contributed by atoms with Crippen molar-refractivity contribution in [2.45, 2.75) is 12.6 Å². The molecular formula is C16H10FNO6. The Hall–Kier alpha value is -3.29. The number of fused-ring (bicyclic) bond motifs is 3. The second-order valence-corrected chi connectivity index (χ2v) is 5.18. The number of Topliss-reactive ketones (excluding diaryl/α,β-unsaturated/α-hetero) is 1. The van der Waals surface area contributed by atoms with E-state index in [2.05, 4.69) is 0 Å².